The molecule has 0 heterocycles. The maximum Gasteiger partial charge on any atom is 0.417 e. The van der Waals surface area contributed by atoms with Gasteiger partial charge in [-0.05, 0) is 18.2 Å². The lowest BCUT2D eigenvalue weighted by molar-refractivity contribution is -0.137. The van der Waals surface area contributed by atoms with E-state index in [0.717, 1.165) is 12.1 Å². The summed E-state index contributed by atoms with van der Waals surface area (Å²) in [6, 6.07) is 4.70. The third-order valence-corrected chi connectivity index (χ3v) is 1.78. The first kappa shape index (κ1) is 12.1. The summed E-state index contributed by atoms with van der Waals surface area (Å²) in [5.74, 6) is 0.0613. The number of nitrogens with zero attached hydrogens (tertiary/aromatic N) is 1. The second-order valence-corrected chi connectivity index (χ2v) is 2.92. The van der Waals surface area contributed by atoms with Crippen LogP contribution in [0.1, 0.15) is 11.1 Å². The molecule has 0 bridgehead atoms. The number of benzene rings is 1. The average molecular weight is 227 g/mol. The van der Waals surface area contributed by atoms with Crippen molar-refractivity contribution in [2.75, 3.05) is 6.61 Å². The Hall–Kier alpha value is -1.96. The van der Waals surface area contributed by atoms with E-state index in [9.17, 15) is 13.2 Å². The van der Waals surface area contributed by atoms with Crippen molar-refractivity contribution >= 4 is 0 Å². The zero-order valence-corrected chi connectivity index (χ0v) is 8.21. The fourth-order valence-corrected chi connectivity index (χ4v) is 1.10. The normalized spacial score (nSPS) is 10.6. The molecule has 0 fully saturated rings. The van der Waals surface area contributed by atoms with Gasteiger partial charge in [0, 0.05) is 0 Å². The zero-order valence-electron chi connectivity index (χ0n) is 8.21. The van der Waals surface area contributed by atoms with Crippen LogP contribution in [-0.2, 0) is 6.18 Å². The van der Waals surface area contributed by atoms with Crippen LogP contribution >= 0.6 is 0 Å². The molecule has 2 nitrogen and oxygen atoms in total. The Morgan fingerprint density at radius 2 is 2.12 bits per heavy atom. The third-order valence-electron chi connectivity index (χ3n) is 1.78. The topological polar surface area (TPSA) is 33.0 Å². The quantitative estimate of drug-likeness (QED) is 0.743. The molecule has 0 amide bonds. The van der Waals surface area contributed by atoms with Crippen LogP contribution in [0.5, 0.6) is 5.75 Å². The molecule has 0 radical (unpaired) electrons. The van der Waals surface area contributed by atoms with Gasteiger partial charge in [-0.1, -0.05) is 12.7 Å². The SMILES string of the molecule is C=CCOc1ccc(C#N)c(C(F)(F)F)c1. The molecule has 5 heteroatoms. The van der Waals surface area contributed by atoms with Crippen molar-refractivity contribution in [1.82, 2.24) is 0 Å². The highest BCUT2D eigenvalue weighted by Crippen LogP contribution is 2.34. The first-order valence-corrected chi connectivity index (χ1v) is 4.34. The number of alkyl halides is 3. The largest absolute Gasteiger partial charge is 0.490 e. The maximum atomic E-state index is 12.5. The van der Waals surface area contributed by atoms with E-state index < -0.39 is 17.3 Å². The van der Waals surface area contributed by atoms with Crippen LogP contribution in [-0.4, -0.2) is 6.61 Å². The summed E-state index contributed by atoms with van der Waals surface area (Å²) < 4.78 is 42.5. The average Bonchev–Trinajstić information content (AvgIpc) is 2.24. The van der Waals surface area contributed by atoms with E-state index in [1.54, 1.807) is 0 Å². The highest BCUT2D eigenvalue weighted by molar-refractivity contribution is 5.44. The molecule has 0 aromatic heterocycles. The van der Waals surface area contributed by atoms with Crippen LogP contribution in [0.3, 0.4) is 0 Å². The van der Waals surface area contributed by atoms with Crippen molar-refractivity contribution in [3.8, 4) is 11.8 Å². The Morgan fingerprint density at radius 3 is 2.62 bits per heavy atom. The highest BCUT2D eigenvalue weighted by Gasteiger charge is 2.34. The third kappa shape index (κ3) is 2.76. The maximum absolute atomic E-state index is 12.5. The lowest BCUT2D eigenvalue weighted by Crippen LogP contribution is -2.08. The molecule has 0 unspecified atom stereocenters. The first-order valence-electron chi connectivity index (χ1n) is 4.34. The molecular weight excluding hydrogens is 219 g/mol. The summed E-state index contributed by atoms with van der Waals surface area (Å²) in [5.41, 5.74) is -1.41. The summed E-state index contributed by atoms with van der Waals surface area (Å²) in [7, 11) is 0. The van der Waals surface area contributed by atoms with Gasteiger partial charge in [0.1, 0.15) is 12.4 Å². The van der Waals surface area contributed by atoms with Gasteiger partial charge in [-0.3, -0.25) is 0 Å². The van der Waals surface area contributed by atoms with E-state index in [4.69, 9.17) is 10.00 Å². The van der Waals surface area contributed by atoms with Gasteiger partial charge in [0.25, 0.3) is 0 Å². The first-order chi connectivity index (χ1) is 7.49. The predicted molar refractivity (Wildman–Crippen MR) is 51.9 cm³/mol. The lowest BCUT2D eigenvalue weighted by atomic mass is 10.1. The molecule has 16 heavy (non-hydrogen) atoms. The summed E-state index contributed by atoms with van der Waals surface area (Å²) in [4.78, 5) is 0. The van der Waals surface area contributed by atoms with Gasteiger partial charge in [-0.25, -0.2) is 0 Å². The van der Waals surface area contributed by atoms with Gasteiger partial charge in [-0.15, -0.1) is 0 Å². The minimum atomic E-state index is -4.56. The Balaban J connectivity index is 3.13. The van der Waals surface area contributed by atoms with Gasteiger partial charge < -0.3 is 4.74 Å². The van der Waals surface area contributed by atoms with Gasteiger partial charge in [-0.2, -0.15) is 18.4 Å². The van der Waals surface area contributed by atoms with Crippen molar-refractivity contribution in [3.05, 3.63) is 42.0 Å². The van der Waals surface area contributed by atoms with E-state index in [1.807, 2.05) is 0 Å². The monoisotopic (exact) mass is 227 g/mol. The van der Waals surface area contributed by atoms with Crippen molar-refractivity contribution in [3.63, 3.8) is 0 Å². The van der Waals surface area contributed by atoms with Gasteiger partial charge >= 0.3 is 6.18 Å². The summed E-state index contributed by atoms with van der Waals surface area (Å²) in [6.45, 7) is 3.50. The van der Waals surface area contributed by atoms with E-state index in [1.165, 1.54) is 18.2 Å². The molecule has 1 aromatic carbocycles. The summed E-state index contributed by atoms with van der Waals surface area (Å²) >= 11 is 0. The zero-order chi connectivity index (χ0) is 12.2. The number of halogens is 3. The number of hydrogen-bond acceptors (Lipinski definition) is 2. The van der Waals surface area contributed by atoms with Gasteiger partial charge in [0.05, 0.1) is 17.2 Å². The molecule has 0 aliphatic heterocycles. The van der Waals surface area contributed by atoms with Crippen molar-refractivity contribution in [1.29, 1.82) is 5.26 Å². The van der Waals surface area contributed by atoms with Crippen LogP contribution in [0, 0.1) is 11.3 Å². The Morgan fingerprint density at radius 1 is 1.44 bits per heavy atom. The van der Waals surface area contributed by atoms with Crippen LogP contribution in [0.4, 0.5) is 13.2 Å². The Labute approximate surface area is 90.6 Å². The van der Waals surface area contributed by atoms with Gasteiger partial charge in [0.15, 0.2) is 0 Å². The Kier molecular flexibility index (Phi) is 3.56. The molecule has 0 saturated heterocycles. The molecule has 0 aliphatic carbocycles. The van der Waals surface area contributed by atoms with E-state index in [-0.39, 0.29) is 12.4 Å². The molecule has 0 spiro atoms. The lowest BCUT2D eigenvalue weighted by Gasteiger charge is -2.10. The smallest absolute Gasteiger partial charge is 0.417 e. The van der Waals surface area contributed by atoms with E-state index >= 15 is 0 Å². The summed E-state index contributed by atoms with van der Waals surface area (Å²) in [6.07, 6.45) is -3.13. The highest BCUT2D eigenvalue weighted by atomic mass is 19.4. The minimum absolute atomic E-state index is 0.0613. The number of ether oxygens (including phenoxy) is 1. The van der Waals surface area contributed by atoms with Crippen molar-refractivity contribution < 1.29 is 17.9 Å². The molecule has 84 valence electrons. The van der Waals surface area contributed by atoms with Crippen molar-refractivity contribution in [2.24, 2.45) is 0 Å². The fourth-order valence-electron chi connectivity index (χ4n) is 1.10. The number of nitriles is 1. The fraction of sp³-hybridized carbons (Fsp3) is 0.182. The van der Waals surface area contributed by atoms with Crippen molar-refractivity contribution in [2.45, 2.75) is 6.18 Å². The van der Waals surface area contributed by atoms with E-state index in [0.29, 0.717) is 0 Å². The van der Waals surface area contributed by atoms with Crippen LogP contribution in [0.2, 0.25) is 0 Å². The number of rotatable bonds is 3. The molecule has 0 aliphatic rings. The molecule has 1 aromatic rings. The molecule has 0 N–H and O–H groups in total. The standard InChI is InChI=1S/C11H8F3NO/c1-2-5-16-9-4-3-8(7-15)10(6-9)11(12,13)14/h2-4,6H,1,5H2. The van der Waals surface area contributed by atoms with Crippen LogP contribution in [0.25, 0.3) is 0 Å². The second kappa shape index (κ2) is 4.71. The molecular formula is C11H8F3NO. The number of hydrogen-bond donors (Lipinski definition) is 0. The molecule has 0 saturated carbocycles. The molecule has 1 rings (SSSR count). The molecule has 0 atom stereocenters. The van der Waals surface area contributed by atoms with Crippen LogP contribution < -0.4 is 4.74 Å². The van der Waals surface area contributed by atoms with E-state index in [2.05, 4.69) is 6.58 Å². The minimum Gasteiger partial charge on any atom is -0.490 e. The van der Waals surface area contributed by atoms with Crippen LogP contribution in [0.15, 0.2) is 30.9 Å². The second-order valence-electron chi connectivity index (χ2n) is 2.92. The van der Waals surface area contributed by atoms with Gasteiger partial charge in [0.2, 0.25) is 0 Å². The summed E-state index contributed by atoms with van der Waals surface area (Å²) in [5, 5.41) is 8.54. The predicted octanol–water partition coefficient (Wildman–Crippen LogP) is 3.14. The Bertz CT molecular complexity index is 432.